The SMILES string of the molecule is CCOc1ccc(/C=C2\C(=O)N(C[C@@H]3CCCO3)C(C)=C2C(=O)OC)cc1OC. The highest BCUT2D eigenvalue weighted by molar-refractivity contribution is 6.16. The molecule has 2 aliphatic heterocycles. The van der Waals surface area contributed by atoms with Crippen LogP contribution in [0.5, 0.6) is 11.5 Å². The molecule has 7 heteroatoms. The van der Waals surface area contributed by atoms with E-state index < -0.39 is 5.97 Å². The molecule has 1 aromatic rings. The van der Waals surface area contributed by atoms with Gasteiger partial charge in [-0.2, -0.15) is 0 Å². The molecule has 1 saturated heterocycles. The standard InChI is InChI=1S/C22H27NO6/c1-5-28-18-9-8-15(12-19(18)26-3)11-17-20(22(25)27-4)14(2)23(21(17)24)13-16-7-6-10-29-16/h8-9,11-12,16H,5-7,10,13H2,1-4H3/b17-11-/t16-/m0/s1. The zero-order chi connectivity index (χ0) is 21.0. The van der Waals surface area contributed by atoms with Gasteiger partial charge in [-0.3, -0.25) is 4.79 Å². The van der Waals surface area contributed by atoms with Crippen molar-refractivity contribution < 1.29 is 28.5 Å². The van der Waals surface area contributed by atoms with Gasteiger partial charge < -0.3 is 23.8 Å². The van der Waals surface area contributed by atoms with Gasteiger partial charge in [-0.05, 0) is 50.5 Å². The molecule has 1 amide bonds. The topological polar surface area (TPSA) is 74.3 Å². The first-order valence-electron chi connectivity index (χ1n) is 9.75. The number of carbonyl (C=O) groups is 2. The van der Waals surface area contributed by atoms with Gasteiger partial charge in [0.05, 0.1) is 44.6 Å². The molecule has 156 valence electrons. The summed E-state index contributed by atoms with van der Waals surface area (Å²) in [4.78, 5) is 27.2. The van der Waals surface area contributed by atoms with E-state index in [9.17, 15) is 9.59 Å². The van der Waals surface area contributed by atoms with E-state index in [0.717, 1.165) is 18.4 Å². The maximum atomic E-state index is 13.2. The van der Waals surface area contributed by atoms with Crippen LogP contribution in [-0.4, -0.2) is 56.9 Å². The Morgan fingerprint density at radius 3 is 2.72 bits per heavy atom. The molecular weight excluding hydrogens is 374 g/mol. The Labute approximate surface area is 170 Å². The third-order valence-corrected chi connectivity index (χ3v) is 5.11. The minimum Gasteiger partial charge on any atom is -0.493 e. The van der Waals surface area contributed by atoms with E-state index in [2.05, 4.69) is 0 Å². The molecule has 0 spiro atoms. The fraction of sp³-hybridized carbons (Fsp3) is 0.455. The molecule has 0 saturated carbocycles. The summed E-state index contributed by atoms with van der Waals surface area (Å²) < 4.78 is 21.5. The van der Waals surface area contributed by atoms with Crippen LogP contribution >= 0.6 is 0 Å². The lowest BCUT2D eigenvalue weighted by Crippen LogP contribution is -2.33. The average molecular weight is 401 g/mol. The van der Waals surface area contributed by atoms with Gasteiger partial charge >= 0.3 is 5.97 Å². The summed E-state index contributed by atoms with van der Waals surface area (Å²) in [6.07, 6.45) is 3.55. The average Bonchev–Trinajstić information content (AvgIpc) is 3.32. The Morgan fingerprint density at radius 1 is 1.31 bits per heavy atom. The highest BCUT2D eigenvalue weighted by atomic mass is 16.5. The van der Waals surface area contributed by atoms with Crippen molar-refractivity contribution in [2.45, 2.75) is 32.8 Å². The third-order valence-electron chi connectivity index (χ3n) is 5.11. The highest BCUT2D eigenvalue weighted by Gasteiger charge is 2.38. The van der Waals surface area contributed by atoms with Gasteiger partial charge in [0.25, 0.3) is 5.91 Å². The van der Waals surface area contributed by atoms with Crippen molar-refractivity contribution >= 4 is 18.0 Å². The molecule has 2 aliphatic rings. The number of nitrogens with zero attached hydrogens (tertiary/aromatic N) is 1. The van der Waals surface area contributed by atoms with Crippen molar-refractivity contribution in [2.75, 3.05) is 34.0 Å². The fourth-order valence-corrected chi connectivity index (χ4v) is 3.66. The van der Waals surface area contributed by atoms with Gasteiger partial charge in [-0.25, -0.2) is 4.79 Å². The Bertz CT molecular complexity index is 851. The highest BCUT2D eigenvalue weighted by Crippen LogP contribution is 2.34. The Balaban J connectivity index is 1.97. The van der Waals surface area contributed by atoms with Crippen LogP contribution in [0.1, 0.15) is 32.3 Å². The van der Waals surface area contributed by atoms with Gasteiger partial charge in [0.15, 0.2) is 11.5 Å². The van der Waals surface area contributed by atoms with Crippen molar-refractivity contribution in [1.29, 1.82) is 0 Å². The van der Waals surface area contributed by atoms with Gasteiger partial charge in [0.2, 0.25) is 0 Å². The summed E-state index contributed by atoms with van der Waals surface area (Å²) in [7, 11) is 2.87. The number of methoxy groups -OCH3 is 2. The third kappa shape index (κ3) is 4.29. The monoisotopic (exact) mass is 401 g/mol. The van der Waals surface area contributed by atoms with E-state index in [0.29, 0.717) is 42.5 Å². The van der Waals surface area contributed by atoms with E-state index >= 15 is 0 Å². The molecule has 2 heterocycles. The molecule has 1 atom stereocenters. The molecule has 0 aliphatic carbocycles. The van der Waals surface area contributed by atoms with Crippen molar-refractivity contribution in [2.24, 2.45) is 0 Å². The molecule has 7 nitrogen and oxygen atoms in total. The van der Waals surface area contributed by atoms with Gasteiger partial charge in [-0.15, -0.1) is 0 Å². The summed E-state index contributed by atoms with van der Waals surface area (Å²) in [5.74, 6) is 0.416. The summed E-state index contributed by atoms with van der Waals surface area (Å²) in [6, 6.07) is 5.38. The van der Waals surface area contributed by atoms with Crippen LogP contribution in [0.15, 0.2) is 35.0 Å². The van der Waals surface area contributed by atoms with Crippen LogP contribution < -0.4 is 9.47 Å². The minimum absolute atomic E-state index is 0.0160. The van der Waals surface area contributed by atoms with Gasteiger partial charge in [0.1, 0.15) is 0 Å². The lowest BCUT2D eigenvalue weighted by Gasteiger charge is -2.21. The van der Waals surface area contributed by atoms with E-state index in [1.807, 2.05) is 13.0 Å². The van der Waals surface area contributed by atoms with Crippen LogP contribution in [0.25, 0.3) is 6.08 Å². The number of esters is 1. The number of rotatable bonds is 7. The second kappa shape index (κ2) is 9.13. The van der Waals surface area contributed by atoms with Crippen LogP contribution in [-0.2, 0) is 19.1 Å². The quantitative estimate of drug-likeness (QED) is 0.517. The largest absolute Gasteiger partial charge is 0.493 e. The second-order valence-corrected chi connectivity index (χ2v) is 6.90. The van der Waals surface area contributed by atoms with E-state index in [1.54, 1.807) is 37.1 Å². The molecular formula is C22H27NO6. The Morgan fingerprint density at radius 2 is 2.10 bits per heavy atom. The number of amides is 1. The summed E-state index contributed by atoms with van der Waals surface area (Å²) in [5.41, 5.74) is 1.89. The van der Waals surface area contributed by atoms with Gasteiger partial charge in [-0.1, -0.05) is 6.07 Å². The second-order valence-electron chi connectivity index (χ2n) is 6.90. The maximum absolute atomic E-state index is 13.2. The number of carbonyl (C=O) groups excluding carboxylic acids is 2. The van der Waals surface area contributed by atoms with Crippen molar-refractivity contribution in [3.05, 3.63) is 40.6 Å². The zero-order valence-electron chi connectivity index (χ0n) is 17.3. The lowest BCUT2D eigenvalue weighted by molar-refractivity contribution is -0.136. The number of allylic oxidation sites excluding steroid dienone is 1. The summed E-state index contributed by atoms with van der Waals surface area (Å²) in [6.45, 7) is 5.30. The number of benzene rings is 1. The molecule has 0 aromatic heterocycles. The predicted molar refractivity (Wildman–Crippen MR) is 108 cm³/mol. The van der Waals surface area contributed by atoms with Crippen LogP contribution in [0.4, 0.5) is 0 Å². The van der Waals surface area contributed by atoms with E-state index in [1.165, 1.54) is 7.11 Å². The maximum Gasteiger partial charge on any atom is 0.340 e. The number of hydrogen-bond donors (Lipinski definition) is 0. The van der Waals surface area contributed by atoms with Crippen molar-refractivity contribution in [3.63, 3.8) is 0 Å². The Kier molecular flexibility index (Phi) is 6.59. The predicted octanol–water partition coefficient (Wildman–Crippen LogP) is 2.95. The first-order chi connectivity index (χ1) is 14.0. The lowest BCUT2D eigenvalue weighted by atomic mass is 10.0. The molecule has 0 radical (unpaired) electrons. The number of ether oxygens (including phenoxy) is 4. The van der Waals surface area contributed by atoms with Crippen LogP contribution in [0.2, 0.25) is 0 Å². The molecule has 1 aromatic carbocycles. The van der Waals surface area contributed by atoms with Crippen LogP contribution in [0.3, 0.4) is 0 Å². The van der Waals surface area contributed by atoms with Gasteiger partial charge in [0, 0.05) is 12.3 Å². The summed E-state index contributed by atoms with van der Waals surface area (Å²) >= 11 is 0. The number of hydrogen-bond acceptors (Lipinski definition) is 6. The first-order valence-corrected chi connectivity index (χ1v) is 9.75. The normalized spacial score (nSPS) is 20.6. The van der Waals surface area contributed by atoms with Crippen molar-refractivity contribution in [1.82, 2.24) is 4.90 Å². The van der Waals surface area contributed by atoms with Crippen LogP contribution in [0, 0.1) is 0 Å². The molecule has 1 fully saturated rings. The fourth-order valence-electron chi connectivity index (χ4n) is 3.66. The molecule has 0 unspecified atom stereocenters. The smallest absolute Gasteiger partial charge is 0.340 e. The van der Waals surface area contributed by atoms with Crippen molar-refractivity contribution in [3.8, 4) is 11.5 Å². The molecule has 3 rings (SSSR count). The molecule has 0 bridgehead atoms. The Hall–Kier alpha value is -2.80. The minimum atomic E-state index is -0.533. The van der Waals surface area contributed by atoms with E-state index in [-0.39, 0.29) is 17.6 Å². The molecule has 0 N–H and O–H groups in total. The first kappa shape index (κ1) is 20.9. The molecule has 29 heavy (non-hydrogen) atoms. The van der Waals surface area contributed by atoms with E-state index in [4.69, 9.17) is 18.9 Å². The summed E-state index contributed by atoms with van der Waals surface area (Å²) in [5, 5.41) is 0. The zero-order valence-corrected chi connectivity index (χ0v) is 17.3.